The highest BCUT2D eigenvalue weighted by molar-refractivity contribution is 6.13. The fraction of sp³-hybridized carbons (Fsp3) is 0.400. The molecule has 156 valence electrons. The largest absolute Gasteiger partial charge is 0.508 e. The van der Waals surface area contributed by atoms with Gasteiger partial charge in [-0.2, -0.15) is 0 Å². The zero-order valence-corrected chi connectivity index (χ0v) is 17.9. The van der Waals surface area contributed by atoms with Gasteiger partial charge < -0.3 is 19.9 Å². The third-order valence-corrected chi connectivity index (χ3v) is 7.16. The summed E-state index contributed by atoms with van der Waals surface area (Å²) in [6, 6.07) is 14.8. The van der Waals surface area contributed by atoms with Gasteiger partial charge in [0.25, 0.3) is 5.91 Å². The van der Waals surface area contributed by atoms with Crippen molar-refractivity contribution >= 4 is 16.8 Å². The molecule has 1 amide bonds. The van der Waals surface area contributed by atoms with Crippen molar-refractivity contribution in [2.24, 2.45) is 7.05 Å². The van der Waals surface area contributed by atoms with Crippen LogP contribution in [0.4, 0.5) is 0 Å². The summed E-state index contributed by atoms with van der Waals surface area (Å²) in [6.45, 7) is 2.06. The van der Waals surface area contributed by atoms with E-state index in [0.29, 0.717) is 12.1 Å². The number of phenolic OH excluding ortho intramolecular Hbond substituents is 1. The summed E-state index contributed by atoms with van der Waals surface area (Å²) in [6.07, 6.45) is 4.52. The smallest absolute Gasteiger partial charge is 0.254 e. The van der Waals surface area contributed by atoms with Gasteiger partial charge in [-0.25, -0.2) is 0 Å². The number of piperidine rings is 1. The minimum absolute atomic E-state index is 0.00299. The number of hydrogen-bond acceptors (Lipinski definition) is 3. The number of phenols is 1. The minimum Gasteiger partial charge on any atom is -0.508 e. The van der Waals surface area contributed by atoms with Crippen molar-refractivity contribution in [2.45, 2.75) is 50.7 Å². The lowest BCUT2D eigenvalue weighted by molar-refractivity contribution is 0.0884. The topological polar surface area (TPSA) is 57.5 Å². The average Bonchev–Trinajstić information content (AvgIpc) is 3.10. The van der Waals surface area contributed by atoms with E-state index < -0.39 is 0 Å². The van der Waals surface area contributed by atoms with Crippen molar-refractivity contribution in [1.29, 1.82) is 0 Å². The molecule has 2 atom stereocenters. The van der Waals surface area contributed by atoms with Crippen LogP contribution in [0.25, 0.3) is 22.2 Å². The number of fused-ring (bicyclic) bond motifs is 3. The van der Waals surface area contributed by atoms with Crippen LogP contribution in [0.2, 0.25) is 0 Å². The van der Waals surface area contributed by atoms with Crippen LogP contribution in [0.5, 0.6) is 5.75 Å². The zero-order chi connectivity index (χ0) is 21.0. The molecule has 1 aromatic heterocycles. The second kappa shape index (κ2) is 7.17. The number of aromatic nitrogens is 1. The van der Waals surface area contributed by atoms with Gasteiger partial charge in [0.05, 0.1) is 11.3 Å². The maximum atomic E-state index is 13.6. The van der Waals surface area contributed by atoms with Crippen LogP contribution in [0.1, 0.15) is 41.6 Å². The molecule has 5 rings (SSSR count). The molecule has 5 heteroatoms. The Kier molecular flexibility index (Phi) is 4.58. The predicted octanol–water partition coefficient (Wildman–Crippen LogP) is 4.21. The molecule has 3 heterocycles. The first-order chi connectivity index (χ1) is 14.4. The molecule has 2 fully saturated rings. The molecule has 2 N–H and O–H groups in total. The van der Waals surface area contributed by atoms with Crippen LogP contribution in [0, 0.1) is 6.92 Å². The summed E-state index contributed by atoms with van der Waals surface area (Å²) in [5.41, 5.74) is 4.73. The number of carbonyl (C=O) groups excluding carboxylic acids is 1. The van der Waals surface area contributed by atoms with E-state index in [2.05, 4.69) is 47.0 Å². The first kappa shape index (κ1) is 19.2. The Morgan fingerprint density at radius 2 is 1.70 bits per heavy atom. The van der Waals surface area contributed by atoms with Crippen LogP contribution < -0.4 is 5.32 Å². The average molecular weight is 404 g/mol. The van der Waals surface area contributed by atoms with E-state index in [4.69, 9.17) is 0 Å². The Morgan fingerprint density at radius 3 is 2.37 bits per heavy atom. The molecule has 30 heavy (non-hydrogen) atoms. The van der Waals surface area contributed by atoms with Gasteiger partial charge in [0.2, 0.25) is 0 Å². The minimum atomic E-state index is 0.00299. The van der Waals surface area contributed by atoms with Crippen LogP contribution in [-0.4, -0.2) is 45.7 Å². The van der Waals surface area contributed by atoms with E-state index in [0.717, 1.165) is 46.1 Å². The van der Waals surface area contributed by atoms with E-state index in [1.54, 1.807) is 12.1 Å². The summed E-state index contributed by atoms with van der Waals surface area (Å²) < 4.78 is 2.09. The fourth-order valence-electron chi connectivity index (χ4n) is 5.53. The Labute approximate surface area is 177 Å². The van der Waals surface area contributed by atoms with Crippen molar-refractivity contribution in [1.82, 2.24) is 14.8 Å². The third kappa shape index (κ3) is 3.08. The highest BCUT2D eigenvalue weighted by Gasteiger charge is 2.39. The summed E-state index contributed by atoms with van der Waals surface area (Å²) in [4.78, 5) is 16.1. The standard InChI is InChI=1S/C25H29N3O2/c1-15-4-11-22-21(12-15)23(24(28(22)3)16-5-9-20(29)10-6-16)25(30)26-17-13-18-7-8-19(14-17)27(18)2/h4-6,9-12,17-19,29H,7-8,13-14H2,1-3H3,(H,26,30). The molecule has 3 aromatic rings. The predicted molar refractivity (Wildman–Crippen MR) is 120 cm³/mol. The Bertz CT molecular complexity index is 1100. The van der Waals surface area contributed by atoms with E-state index in [1.165, 1.54) is 12.8 Å². The Balaban J connectivity index is 1.57. The molecule has 2 bridgehead atoms. The molecule has 5 nitrogen and oxygen atoms in total. The molecule has 2 saturated heterocycles. The molecular weight excluding hydrogens is 374 g/mol. The van der Waals surface area contributed by atoms with Crippen molar-refractivity contribution in [3.8, 4) is 17.0 Å². The molecule has 2 aliphatic rings. The summed E-state index contributed by atoms with van der Waals surface area (Å²) >= 11 is 0. The van der Waals surface area contributed by atoms with Crippen LogP contribution in [-0.2, 0) is 7.05 Å². The number of nitrogens with one attached hydrogen (secondary N) is 1. The molecule has 0 radical (unpaired) electrons. The van der Waals surface area contributed by atoms with Gasteiger partial charge in [0.15, 0.2) is 0 Å². The van der Waals surface area contributed by atoms with Crippen LogP contribution in [0.3, 0.4) is 0 Å². The maximum absolute atomic E-state index is 13.6. The van der Waals surface area contributed by atoms with E-state index >= 15 is 0 Å². The summed E-state index contributed by atoms with van der Waals surface area (Å²) in [5.74, 6) is 0.226. The zero-order valence-electron chi connectivity index (χ0n) is 17.9. The monoisotopic (exact) mass is 403 g/mol. The van der Waals surface area contributed by atoms with Crippen molar-refractivity contribution in [2.75, 3.05) is 7.05 Å². The number of carbonyl (C=O) groups is 1. The number of amides is 1. The molecule has 2 unspecified atom stereocenters. The van der Waals surface area contributed by atoms with Gasteiger partial charge in [-0.15, -0.1) is 0 Å². The Hall–Kier alpha value is -2.79. The van der Waals surface area contributed by atoms with Crippen molar-refractivity contribution in [3.05, 3.63) is 53.6 Å². The second-order valence-corrected chi connectivity index (χ2v) is 9.04. The van der Waals surface area contributed by atoms with Crippen molar-refractivity contribution in [3.63, 3.8) is 0 Å². The highest BCUT2D eigenvalue weighted by Crippen LogP contribution is 2.37. The van der Waals surface area contributed by atoms with Crippen molar-refractivity contribution < 1.29 is 9.90 Å². The summed E-state index contributed by atoms with van der Waals surface area (Å²) in [7, 11) is 4.23. The molecule has 2 aromatic carbocycles. The number of hydrogen-bond donors (Lipinski definition) is 2. The lowest BCUT2D eigenvalue weighted by atomic mass is 9.97. The van der Waals surface area contributed by atoms with Crippen LogP contribution in [0.15, 0.2) is 42.5 Å². The van der Waals surface area contributed by atoms with Gasteiger partial charge in [-0.1, -0.05) is 11.6 Å². The molecular formula is C25H29N3O2. The fourth-order valence-corrected chi connectivity index (χ4v) is 5.53. The Morgan fingerprint density at radius 1 is 1.03 bits per heavy atom. The first-order valence-corrected chi connectivity index (χ1v) is 10.8. The molecule has 0 aliphatic carbocycles. The second-order valence-electron chi connectivity index (χ2n) is 9.04. The first-order valence-electron chi connectivity index (χ1n) is 10.8. The number of rotatable bonds is 3. The maximum Gasteiger partial charge on any atom is 0.254 e. The highest BCUT2D eigenvalue weighted by atomic mass is 16.3. The van der Waals surface area contributed by atoms with Gasteiger partial charge >= 0.3 is 0 Å². The van der Waals surface area contributed by atoms with E-state index in [1.807, 2.05) is 19.2 Å². The third-order valence-electron chi connectivity index (χ3n) is 7.16. The number of aryl methyl sites for hydroxylation is 2. The lowest BCUT2D eigenvalue weighted by Crippen LogP contribution is -2.48. The SMILES string of the molecule is Cc1ccc2c(c1)c(C(=O)NC1CC3CCC(C1)N3C)c(-c1ccc(O)cc1)n2C. The molecule has 0 saturated carbocycles. The van der Waals surface area contributed by atoms with Gasteiger partial charge in [-0.3, -0.25) is 4.79 Å². The van der Waals surface area contributed by atoms with Gasteiger partial charge in [-0.05, 0) is 81.6 Å². The summed E-state index contributed by atoms with van der Waals surface area (Å²) in [5, 5.41) is 14.1. The van der Waals surface area contributed by atoms with Gasteiger partial charge in [0.1, 0.15) is 5.75 Å². The quantitative estimate of drug-likeness (QED) is 0.689. The molecule has 2 aliphatic heterocycles. The van der Waals surface area contributed by atoms with Gasteiger partial charge in [0, 0.05) is 36.1 Å². The number of benzene rings is 2. The molecule has 0 spiro atoms. The normalized spacial score (nSPS) is 23.8. The number of nitrogens with zero attached hydrogens (tertiary/aromatic N) is 2. The lowest BCUT2D eigenvalue weighted by Gasteiger charge is -2.36. The van der Waals surface area contributed by atoms with E-state index in [9.17, 15) is 9.90 Å². The number of aromatic hydroxyl groups is 1. The van der Waals surface area contributed by atoms with E-state index in [-0.39, 0.29) is 17.7 Å². The van der Waals surface area contributed by atoms with Crippen LogP contribution >= 0.6 is 0 Å².